The van der Waals surface area contributed by atoms with E-state index in [0.717, 1.165) is 21.7 Å². The average Bonchev–Trinajstić information content (AvgIpc) is 2.33. The topological polar surface area (TPSA) is 26.0 Å². The van der Waals surface area contributed by atoms with E-state index in [9.17, 15) is 0 Å². The molecule has 0 aliphatic rings. The van der Waals surface area contributed by atoms with Gasteiger partial charge in [-0.05, 0) is 54.7 Å². The van der Waals surface area contributed by atoms with Crippen LogP contribution in [0.15, 0.2) is 36.4 Å². The van der Waals surface area contributed by atoms with Gasteiger partial charge in [-0.1, -0.05) is 41.9 Å². The van der Waals surface area contributed by atoms with Crippen LogP contribution >= 0.6 is 11.6 Å². The number of aryl methyl sites for hydroxylation is 3. The van der Waals surface area contributed by atoms with E-state index in [2.05, 4.69) is 32.0 Å². The molecule has 0 bridgehead atoms. The lowest BCUT2D eigenvalue weighted by Gasteiger charge is -2.18. The molecule has 2 aromatic carbocycles. The van der Waals surface area contributed by atoms with E-state index in [1.54, 1.807) is 0 Å². The van der Waals surface area contributed by atoms with Gasteiger partial charge in [-0.15, -0.1) is 0 Å². The third-order valence-corrected chi connectivity index (χ3v) is 3.81. The maximum Gasteiger partial charge on any atom is 0.0556 e. The van der Waals surface area contributed by atoms with Crippen molar-refractivity contribution in [2.75, 3.05) is 0 Å². The van der Waals surface area contributed by atoms with Gasteiger partial charge in [0.1, 0.15) is 0 Å². The van der Waals surface area contributed by atoms with Crippen LogP contribution in [0.2, 0.25) is 5.02 Å². The highest BCUT2D eigenvalue weighted by Crippen LogP contribution is 2.28. The minimum Gasteiger partial charge on any atom is -0.320 e. The van der Waals surface area contributed by atoms with Crippen molar-refractivity contribution < 1.29 is 0 Å². The molecule has 0 saturated carbocycles. The number of benzene rings is 2. The van der Waals surface area contributed by atoms with Gasteiger partial charge in [-0.3, -0.25) is 0 Å². The molecule has 18 heavy (non-hydrogen) atoms. The molecule has 1 nitrogen and oxygen atoms in total. The van der Waals surface area contributed by atoms with Crippen LogP contribution in [0.3, 0.4) is 0 Å². The lowest BCUT2D eigenvalue weighted by Crippen LogP contribution is -2.14. The molecule has 94 valence electrons. The second kappa shape index (κ2) is 5.13. The van der Waals surface area contributed by atoms with Crippen molar-refractivity contribution >= 4 is 11.6 Å². The van der Waals surface area contributed by atoms with Crippen molar-refractivity contribution in [3.8, 4) is 0 Å². The van der Waals surface area contributed by atoms with Crippen LogP contribution in [-0.4, -0.2) is 0 Å². The van der Waals surface area contributed by atoms with Crippen molar-refractivity contribution in [2.45, 2.75) is 26.8 Å². The van der Waals surface area contributed by atoms with Crippen LogP contribution in [-0.2, 0) is 0 Å². The van der Waals surface area contributed by atoms with Gasteiger partial charge in [0.15, 0.2) is 0 Å². The maximum absolute atomic E-state index is 6.39. The van der Waals surface area contributed by atoms with Gasteiger partial charge < -0.3 is 5.73 Å². The van der Waals surface area contributed by atoms with Crippen molar-refractivity contribution in [1.29, 1.82) is 0 Å². The molecular weight excluding hydrogens is 242 g/mol. The molecule has 0 heterocycles. The Morgan fingerprint density at radius 3 is 2.22 bits per heavy atom. The zero-order valence-corrected chi connectivity index (χ0v) is 11.8. The Hall–Kier alpha value is -1.31. The number of hydrogen-bond donors (Lipinski definition) is 1. The summed E-state index contributed by atoms with van der Waals surface area (Å²) in [6, 6.07) is 12.2. The molecule has 0 amide bonds. The van der Waals surface area contributed by atoms with Gasteiger partial charge in [-0.2, -0.15) is 0 Å². The molecule has 0 spiro atoms. The Balaban J connectivity index is 2.50. The van der Waals surface area contributed by atoms with E-state index >= 15 is 0 Å². The highest BCUT2D eigenvalue weighted by atomic mass is 35.5. The fourth-order valence-corrected chi connectivity index (χ4v) is 2.46. The summed E-state index contributed by atoms with van der Waals surface area (Å²) in [4.78, 5) is 0. The standard InChI is InChI=1S/C16H18ClN/c1-10-6-4-5-7-13(10)16(18)14-8-12(3)15(17)9-11(14)2/h4-9,16H,18H2,1-3H3. The van der Waals surface area contributed by atoms with E-state index in [1.165, 1.54) is 11.1 Å². The minimum absolute atomic E-state index is 0.0952. The molecule has 1 atom stereocenters. The molecule has 0 saturated heterocycles. The molecule has 1 unspecified atom stereocenters. The van der Waals surface area contributed by atoms with E-state index in [4.69, 9.17) is 17.3 Å². The molecule has 0 fully saturated rings. The summed E-state index contributed by atoms with van der Waals surface area (Å²) in [6.07, 6.45) is 0. The Morgan fingerprint density at radius 2 is 1.56 bits per heavy atom. The summed E-state index contributed by atoms with van der Waals surface area (Å²) >= 11 is 6.13. The number of rotatable bonds is 2. The molecule has 2 heteroatoms. The van der Waals surface area contributed by atoms with Crippen molar-refractivity contribution in [3.63, 3.8) is 0 Å². The average molecular weight is 260 g/mol. The third-order valence-electron chi connectivity index (χ3n) is 3.41. The summed E-state index contributed by atoms with van der Waals surface area (Å²) in [5, 5.41) is 0.799. The van der Waals surface area contributed by atoms with Gasteiger partial charge >= 0.3 is 0 Å². The normalized spacial score (nSPS) is 12.5. The lowest BCUT2D eigenvalue weighted by molar-refractivity contribution is 0.851. The predicted molar refractivity (Wildman–Crippen MR) is 78.1 cm³/mol. The molecule has 0 aliphatic carbocycles. The number of halogens is 1. The first-order valence-corrected chi connectivity index (χ1v) is 6.46. The Bertz CT molecular complexity index is 575. The zero-order valence-electron chi connectivity index (χ0n) is 11.0. The van der Waals surface area contributed by atoms with Crippen LogP contribution in [0.1, 0.15) is 33.9 Å². The van der Waals surface area contributed by atoms with Gasteiger partial charge in [0, 0.05) is 5.02 Å². The monoisotopic (exact) mass is 259 g/mol. The molecule has 0 aliphatic heterocycles. The highest BCUT2D eigenvalue weighted by Gasteiger charge is 2.14. The van der Waals surface area contributed by atoms with E-state index in [-0.39, 0.29) is 6.04 Å². The first kappa shape index (κ1) is 13.1. The SMILES string of the molecule is Cc1cc(C(N)c2ccccc2C)c(C)cc1Cl. The summed E-state index contributed by atoms with van der Waals surface area (Å²) < 4.78 is 0. The second-order valence-electron chi connectivity index (χ2n) is 4.79. The van der Waals surface area contributed by atoms with Crippen LogP contribution in [0, 0.1) is 20.8 Å². The Labute approximate surface area is 114 Å². The van der Waals surface area contributed by atoms with Gasteiger partial charge in [0.25, 0.3) is 0 Å². The van der Waals surface area contributed by atoms with Crippen molar-refractivity contribution in [2.24, 2.45) is 5.73 Å². The maximum atomic E-state index is 6.39. The summed E-state index contributed by atoms with van der Waals surface area (Å²) in [5.41, 5.74) is 12.1. The van der Waals surface area contributed by atoms with Crippen LogP contribution in [0.5, 0.6) is 0 Å². The first-order valence-electron chi connectivity index (χ1n) is 6.08. The molecule has 0 radical (unpaired) electrons. The van der Waals surface area contributed by atoms with Crippen LogP contribution in [0.4, 0.5) is 0 Å². The lowest BCUT2D eigenvalue weighted by atomic mass is 9.92. The van der Waals surface area contributed by atoms with E-state index in [1.807, 2.05) is 25.1 Å². The van der Waals surface area contributed by atoms with Gasteiger partial charge in [0.2, 0.25) is 0 Å². The van der Waals surface area contributed by atoms with Crippen molar-refractivity contribution in [1.82, 2.24) is 0 Å². The first-order chi connectivity index (χ1) is 8.50. The fraction of sp³-hybridized carbons (Fsp3) is 0.250. The Morgan fingerprint density at radius 1 is 0.889 bits per heavy atom. The molecule has 2 rings (SSSR count). The zero-order chi connectivity index (χ0) is 13.3. The van der Waals surface area contributed by atoms with E-state index < -0.39 is 0 Å². The minimum atomic E-state index is -0.0952. The molecule has 0 aromatic heterocycles. The highest BCUT2D eigenvalue weighted by molar-refractivity contribution is 6.31. The van der Waals surface area contributed by atoms with Gasteiger partial charge in [-0.25, -0.2) is 0 Å². The fourth-order valence-electron chi connectivity index (χ4n) is 2.24. The molecule has 2 N–H and O–H groups in total. The van der Waals surface area contributed by atoms with E-state index in [0.29, 0.717) is 0 Å². The quantitative estimate of drug-likeness (QED) is 0.854. The predicted octanol–water partition coefficient (Wildman–Crippen LogP) is 4.31. The summed E-state index contributed by atoms with van der Waals surface area (Å²) in [6.45, 7) is 6.15. The van der Waals surface area contributed by atoms with Crippen molar-refractivity contribution in [3.05, 3.63) is 69.2 Å². The van der Waals surface area contributed by atoms with Gasteiger partial charge in [0.05, 0.1) is 6.04 Å². The molecule has 2 aromatic rings. The van der Waals surface area contributed by atoms with Crippen LogP contribution in [0.25, 0.3) is 0 Å². The molecular formula is C16H18ClN. The largest absolute Gasteiger partial charge is 0.320 e. The Kier molecular flexibility index (Phi) is 3.74. The third kappa shape index (κ3) is 2.43. The summed E-state index contributed by atoms with van der Waals surface area (Å²) in [5.74, 6) is 0. The number of hydrogen-bond acceptors (Lipinski definition) is 1. The summed E-state index contributed by atoms with van der Waals surface area (Å²) in [7, 11) is 0. The van der Waals surface area contributed by atoms with Crippen LogP contribution < -0.4 is 5.73 Å². The smallest absolute Gasteiger partial charge is 0.0556 e. The second-order valence-corrected chi connectivity index (χ2v) is 5.20. The number of nitrogens with two attached hydrogens (primary N) is 1.